The number of anilines is 1. The number of hydrogen-bond donors (Lipinski definition) is 0. The second kappa shape index (κ2) is 4.54. The minimum atomic E-state index is 0.309. The fourth-order valence-corrected chi connectivity index (χ4v) is 3.12. The van der Waals surface area contributed by atoms with E-state index in [0.29, 0.717) is 6.79 Å². The number of fused-ring (bicyclic) bond motifs is 2. The smallest absolute Gasteiger partial charge is 0.231 e. The molecule has 2 aliphatic heterocycles. The molecule has 4 heteroatoms. The Morgan fingerprint density at radius 2 is 1.75 bits per heavy atom. The highest BCUT2D eigenvalue weighted by molar-refractivity contribution is 5.94. The fourth-order valence-electron chi connectivity index (χ4n) is 3.12. The van der Waals surface area contributed by atoms with Crippen molar-refractivity contribution in [2.45, 2.75) is 26.2 Å². The largest absolute Gasteiger partial charge is 0.454 e. The summed E-state index contributed by atoms with van der Waals surface area (Å²) in [5.74, 6) is 1.64. The molecular weight excluding hydrogens is 252 g/mol. The van der Waals surface area contributed by atoms with Gasteiger partial charge in [-0.1, -0.05) is 0 Å². The SMILES string of the molecule is Cc1cc(N2CCCCC2)c2cc3c(cc2n1)OCO3. The minimum absolute atomic E-state index is 0.309. The van der Waals surface area contributed by atoms with Crippen molar-refractivity contribution in [3.8, 4) is 11.5 Å². The molecule has 104 valence electrons. The summed E-state index contributed by atoms with van der Waals surface area (Å²) < 4.78 is 11.0. The summed E-state index contributed by atoms with van der Waals surface area (Å²) in [6.45, 7) is 4.63. The predicted molar refractivity (Wildman–Crippen MR) is 78.7 cm³/mol. The summed E-state index contributed by atoms with van der Waals surface area (Å²) in [5, 5.41) is 1.17. The van der Waals surface area contributed by atoms with E-state index in [4.69, 9.17) is 9.47 Å². The first kappa shape index (κ1) is 11.8. The topological polar surface area (TPSA) is 34.6 Å². The zero-order valence-electron chi connectivity index (χ0n) is 11.7. The molecule has 1 aromatic heterocycles. The van der Waals surface area contributed by atoms with Crippen molar-refractivity contribution in [1.29, 1.82) is 0 Å². The van der Waals surface area contributed by atoms with Gasteiger partial charge in [-0.2, -0.15) is 0 Å². The molecule has 1 aromatic carbocycles. The number of piperidine rings is 1. The van der Waals surface area contributed by atoms with Crippen molar-refractivity contribution in [3.63, 3.8) is 0 Å². The van der Waals surface area contributed by atoms with Gasteiger partial charge in [0.2, 0.25) is 6.79 Å². The normalized spacial score (nSPS) is 17.8. The molecule has 0 N–H and O–H groups in total. The van der Waals surface area contributed by atoms with Crippen LogP contribution in [-0.4, -0.2) is 24.9 Å². The van der Waals surface area contributed by atoms with Gasteiger partial charge in [0, 0.05) is 35.9 Å². The van der Waals surface area contributed by atoms with Gasteiger partial charge in [0.1, 0.15) is 0 Å². The minimum Gasteiger partial charge on any atom is -0.454 e. The summed E-state index contributed by atoms with van der Waals surface area (Å²) in [4.78, 5) is 7.12. The highest BCUT2D eigenvalue weighted by atomic mass is 16.7. The van der Waals surface area contributed by atoms with Gasteiger partial charge in [0.25, 0.3) is 0 Å². The fraction of sp³-hybridized carbons (Fsp3) is 0.438. The zero-order valence-corrected chi connectivity index (χ0v) is 11.7. The van der Waals surface area contributed by atoms with Gasteiger partial charge in [-0.3, -0.25) is 4.98 Å². The maximum atomic E-state index is 5.51. The molecule has 20 heavy (non-hydrogen) atoms. The molecule has 0 aliphatic carbocycles. The van der Waals surface area contributed by atoms with Crippen molar-refractivity contribution >= 4 is 16.6 Å². The lowest BCUT2D eigenvalue weighted by atomic mass is 10.1. The van der Waals surface area contributed by atoms with Crippen molar-refractivity contribution in [1.82, 2.24) is 4.98 Å². The van der Waals surface area contributed by atoms with Crippen LogP contribution < -0.4 is 14.4 Å². The Balaban J connectivity index is 1.90. The van der Waals surface area contributed by atoms with E-state index in [1.807, 2.05) is 6.07 Å². The van der Waals surface area contributed by atoms with E-state index >= 15 is 0 Å². The van der Waals surface area contributed by atoms with Gasteiger partial charge in [0.05, 0.1) is 5.52 Å². The monoisotopic (exact) mass is 270 g/mol. The average Bonchev–Trinajstić information content (AvgIpc) is 2.92. The van der Waals surface area contributed by atoms with Gasteiger partial charge in [0.15, 0.2) is 11.5 Å². The first-order valence-electron chi connectivity index (χ1n) is 7.27. The molecule has 4 rings (SSSR count). The van der Waals surface area contributed by atoms with Crippen LogP contribution in [0.5, 0.6) is 11.5 Å². The first-order valence-corrected chi connectivity index (χ1v) is 7.27. The lowest BCUT2D eigenvalue weighted by Crippen LogP contribution is -2.29. The number of benzene rings is 1. The molecule has 1 saturated heterocycles. The maximum Gasteiger partial charge on any atom is 0.231 e. The lowest BCUT2D eigenvalue weighted by Gasteiger charge is -2.30. The number of aromatic nitrogens is 1. The molecule has 0 spiro atoms. The summed E-state index contributed by atoms with van der Waals surface area (Å²) in [5.41, 5.74) is 3.33. The molecule has 0 unspecified atom stereocenters. The maximum absolute atomic E-state index is 5.51. The Morgan fingerprint density at radius 1 is 1.00 bits per heavy atom. The van der Waals surface area contributed by atoms with Crippen LogP contribution in [0.25, 0.3) is 10.9 Å². The third kappa shape index (κ3) is 1.87. The van der Waals surface area contributed by atoms with E-state index in [-0.39, 0.29) is 0 Å². The van der Waals surface area contributed by atoms with Crippen molar-refractivity contribution < 1.29 is 9.47 Å². The van der Waals surface area contributed by atoms with Gasteiger partial charge >= 0.3 is 0 Å². The number of ether oxygens (including phenoxy) is 2. The van der Waals surface area contributed by atoms with E-state index in [9.17, 15) is 0 Å². The lowest BCUT2D eigenvalue weighted by molar-refractivity contribution is 0.174. The van der Waals surface area contributed by atoms with E-state index in [2.05, 4.69) is 28.9 Å². The molecule has 2 aliphatic rings. The van der Waals surface area contributed by atoms with Crippen LogP contribution in [0.15, 0.2) is 18.2 Å². The molecular formula is C16H18N2O2. The second-order valence-electron chi connectivity index (χ2n) is 5.55. The summed E-state index contributed by atoms with van der Waals surface area (Å²) in [7, 11) is 0. The van der Waals surface area contributed by atoms with Crippen LogP contribution in [0.2, 0.25) is 0 Å². The molecule has 0 amide bonds. The molecule has 1 fully saturated rings. The third-order valence-electron chi connectivity index (χ3n) is 4.11. The van der Waals surface area contributed by atoms with Gasteiger partial charge in [-0.15, -0.1) is 0 Å². The van der Waals surface area contributed by atoms with Crippen molar-refractivity contribution in [2.24, 2.45) is 0 Å². The quantitative estimate of drug-likeness (QED) is 0.796. The first-order chi connectivity index (χ1) is 9.81. The Labute approximate surface area is 118 Å². The summed E-state index contributed by atoms with van der Waals surface area (Å²) in [6.07, 6.45) is 3.88. The molecule has 0 bridgehead atoms. The number of rotatable bonds is 1. The van der Waals surface area contributed by atoms with Gasteiger partial charge in [-0.25, -0.2) is 0 Å². The van der Waals surface area contributed by atoms with Crippen LogP contribution in [0.1, 0.15) is 25.0 Å². The molecule has 0 radical (unpaired) electrons. The predicted octanol–water partition coefficient (Wildman–Crippen LogP) is 3.26. The van der Waals surface area contributed by atoms with Crippen LogP contribution in [0.3, 0.4) is 0 Å². The van der Waals surface area contributed by atoms with Crippen molar-refractivity contribution in [2.75, 3.05) is 24.8 Å². The number of pyridine rings is 1. The number of hydrogen-bond acceptors (Lipinski definition) is 4. The molecule has 0 saturated carbocycles. The number of nitrogens with zero attached hydrogens (tertiary/aromatic N) is 2. The Bertz CT molecular complexity index is 663. The average molecular weight is 270 g/mol. The Kier molecular flexibility index (Phi) is 2.69. The Morgan fingerprint density at radius 3 is 2.55 bits per heavy atom. The van der Waals surface area contributed by atoms with Gasteiger partial charge in [-0.05, 0) is 38.3 Å². The van der Waals surface area contributed by atoms with Crippen LogP contribution >= 0.6 is 0 Å². The van der Waals surface area contributed by atoms with Crippen molar-refractivity contribution in [3.05, 3.63) is 23.9 Å². The van der Waals surface area contributed by atoms with E-state index < -0.39 is 0 Å². The van der Waals surface area contributed by atoms with Crippen LogP contribution in [0.4, 0.5) is 5.69 Å². The van der Waals surface area contributed by atoms with E-state index in [1.165, 1.54) is 30.3 Å². The summed E-state index contributed by atoms with van der Waals surface area (Å²) >= 11 is 0. The summed E-state index contributed by atoms with van der Waals surface area (Å²) in [6, 6.07) is 6.27. The Hall–Kier alpha value is -1.97. The molecule has 3 heterocycles. The third-order valence-corrected chi connectivity index (χ3v) is 4.11. The van der Waals surface area contributed by atoms with Gasteiger partial charge < -0.3 is 14.4 Å². The molecule has 2 aromatic rings. The second-order valence-corrected chi connectivity index (χ2v) is 5.55. The zero-order chi connectivity index (χ0) is 13.5. The van der Waals surface area contributed by atoms with Crippen LogP contribution in [-0.2, 0) is 0 Å². The van der Waals surface area contributed by atoms with E-state index in [1.54, 1.807) is 0 Å². The highest BCUT2D eigenvalue weighted by Crippen LogP contribution is 2.39. The van der Waals surface area contributed by atoms with E-state index in [0.717, 1.165) is 35.8 Å². The number of aryl methyl sites for hydroxylation is 1. The molecule has 0 atom stereocenters. The highest BCUT2D eigenvalue weighted by Gasteiger charge is 2.19. The molecule has 4 nitrogen and oxygen atoms in total. The van der Waals surface area contributed by atoms with Crippen LogP contribution in [0, 0.1) is 6.92 Å². The standard InChI is InChI=1S/C16H18N2O2/c1-11-7-14(18-5-3-2-4-6-18)12-8-15-16(20-10-19-15)9-13(12)17-11/h7-9H,2-6,10H2,1H3.